The van der Waals surface area contributed by atoms with E-state index in [2.05, 4.69) is 4.98 Å². The minimum Gasteiger partial charge on any atom is -0.484 e. The van der Waals surface area contributed by atoms with Crippen LogP contribution in [0.2, 0.25) is 5.02 Å². The number of benzene rings is 1. The summed E-state index contributed by atoms with van der Waals surface area (Å²) < 4.78 is 80.5. The summed E-state index contributed by atoms with van der Waals surface area (Å²) in [5.41, 5.74) is -4.38. The van der Waals surface area contributed by atoms with Gasteiger partial charge in [0.25, 0.3) is 17.5 Å². The SMILES string of the molecule is N#Cc1cc(Cn2cnc(C(F)(F)C(F)F)c(Oc3cc(Cl)cc(C#N)c3F)c2=O)[n+](O)cc1OCCO. The molecule has 0 unspecified atom stereocenters. The second-order valence-electron chi connectivity index (χ2n) is 7.33. The highest BCUT2D eigenvalue weighted by molar-refractivity contribution is 6.30. The standard InChI is InChI=1S/C22H14ClF5N5O5/c23-13-3-12(7-30)17(24)15(5-13)38-18-19(22(27,28)21(25)26)31-10-32(20(18)35)8-14-4-11(6-29)16(9-33(14)36)37-2-1-34/h3-5,9-10,21,34,36H,1-2,8H2/q+1. The van der Waals surface area contributed by atoms with Crippen LogP contribution < -0.4 is 19.8 Å². The van der Waals surface area contributed by atoms with Gasteiger partial charge in [-0.3, -0.25) is 14.6 Å². The van der Waals surface area contributed by atoms with Crippen molar-refractivity contribution in [3.8, 4) is 29.4 Å². The third kappa shape index (κ3) is 5.59. The second kappa shape index (κ2) is 11.3. The molecule has 38 heavy (non-hydrogen) atoms. The molecule has 0 aliphatic rings. The zero-order valence-electron chi connectivity index (χ0n) is 18.7. The van der Waals surface area contributed by atoms with Crippen LogP contribution in [0.3, 0.4) is 0 Å². The highest BCUT2D eigenvalue weighted by atomic mass is 35.5. The van der Waals surface area contributed by atoms with Crippen LogP contribution in [-0.4, -0.2) is 39.5 Å². The lowest BCUT2D eigenvalue weighted by atomic mass is 10.2. The molecule has 1 aromatic carbocycles. The lowest BCUT2D eigenvalue weighted by Gasteiger charge is -2.19. The first kappa shape index (κ1) is 28.1. The first-order valence-corrected chi connectivity index (χ1v) is 10.6. The fraction of sp³-hybridized carbons (Fsp3) is 0.227. The lowest BCUT2D eigenvalue weighted by molar-refractivity contribution is -0.909. The smallest absolute Gasteiger partial charge is 0.352 e. The Bertz CT molecular complexity index is 1520. The number of nitrogens with zero attached hydrogens (tertiary/aromatic N) is 5. The monoisotopic (exact) mass is 558 g/mol. The molecule has 0 radical (unpaired) electrons. The highest BCUT2D eigenvalue weighted by Crippen LogP contribution is 2.39. The number of halogens is 6. The van der Waals surface area contributed by atoms with Gasteiger partial charge < -0.3 is 14.6 Å². The summed E-state index contributed by atoms with van der Waals surface area (Å²) in [7, 11) is 0. The molecule has 2 N–H and O–H groups in total. The van der Waals surface area contributed by atoms with E-state index < -0.39 is 59.6 Å². The van der Waals surface area contributed by atoms with Crippen molar-refractivity contribution in [1.29, 1.82) is 10.5 Å². The Morgan fingerprint density at radius 2 is 1.87 bits per heavy atom. The number of alkyl halides is 4. The van der Waals surface area contributed by atoms with Gasteiger partial charge in [0.15, 0.2) is 17.3 Å². The molecule has 0 amide bonds. The third-order valence-corrected chi connectivity index (χ3v) is 5.05. The average Bonchev–Trinajstić information content (AvgIpc) is 2.87. The lowest BCUT2D eigenvalue weighted by Crippen LogP contribution is -2.38. The van der Waals surface area contributed by atoms with Crippen molar-refractivity contribution in [2.24, 2.45) is 0 Å². The fourth-order valence-corrected chi connectivity index (χ4v) is 3.27. The molecule has 3 rings (SSSR count). The van der Waals surface area contributed by atoms with E-state index >= 15 is 0 Å². The summed E-state index contributed by atoms with van der Waals surface area (Å²) in [5, 5.41) is 37.1. The molecule has 16 heteroatoms. The number of hydrogen-bond donors (Lipinski definition) is 2. The maximum atomic E-state index is 14.6. The summed E-state index contributed by atoms with van der Waals surface area (Å²) in [4.78, 5) is 16.3. The minimum absolute atomic E-state index is 0.140. The van der Waals surface area contributed by atoms with E-state index in [-0.39, 0.29) is 28.6 Å². The summed E-state index contributed by atoms with van der Waals surface area (Å²) in [6.07, 6.45) is -2.96. The Hall–Kier alpha value is -4.47. The van der Waals surface area contributed by atoms with E-state index in [0.717, 1.165) is 24.4 Å². The molecule has 0 aliphatic heterocycles. The predicted molar refractivity (Wildman–Crippen MR) is 115 cm³/mol. The molecule has 2 aromatic heterocycles. The molecule has 0 spiro atoms. The minimum atomic E-state index is -5.02. The van der Waals surface area contributed by atoms with Gasteiger partial charge in [-0.15, -0.1) is 0 Å². The largest absolute Gasteiger partial charge is 0.484 e. The van der Waals surface area contributed by atoms with Gasteiger partial charge in [-0.25, -0.2) is 18.2 Å². The first-order valence-electron chi connectivity index (χ1n) is 10.2. The summed E-state index contributed by atoms with van der Waals surface area (Å²) in [5.74, 6) is -9.07. The maximum Gasteiger partial charge on any atom is 0.352 e. The number of aromatic nitrogens is 3. The van der Waals surface area contributed by atoms with Crippen LogP contribution in [0, 0.1) is 28.5 Å². The van der Waals surface area contributed by atoms with Gasteiger partial charge in [-0.2, -0.15) is 19.3 Å². The average molecular weight is 559 g/mol. The van der Waals surface area contributed by atoms with Gasteiger partial charge in [0.05, 0.1) is 18.5 Å². The Labute approximate surface area is 214 Å². The van der Waals surface area contributed by atoms with E-state index in [0.29, 0.717) is 15.6 Å². The van der Waals surface area contributed by atoms with E-state index in [1.54, 1.807) is 6.07 Å². The number of ether oxygens (including phenoxy) is 2. The molecule has 10 nitrogen and oxygen atoms in total. The van der Waals surface area contributed by atoms with Gasteiger partial charge in [-0.1, -0.05) is 11.6 Å². The van der Waals surface area contributed by atoms with Gasteiger partial charge in [0.1, 0.15) is 30.9 Å². The zero-order valence-corrected chi connectivity index (χ0v) is 19.5. The molecule has 2 heterocycles. The van der Waals surface area contributed by atoms with E-state index in [9.17, 15) is 37.2 Å². The number of rotatable bonds is 9. The summed E-state index contributed by atoms with van der Waals surface area (Å²) >= 11 is 5.77. The van der Waals surface area contributed by atoms with Crippen LogP contribution in [0.15, 0.2) is 35.5 Å². The topological polar surface area (TPSA) is 145 Å². The Morgan fingerprint density at radius 1 is 1.18 bits per heavy atom. The molecular formula is C22H14ClF5N5O5+. The van der Waals surface area contributed by atoms with Crippen molar-refractivity contribution in [3.63, 3.8) is 0 Å². The Kier molecular flexibility index (Phi) is 8.35. The van der Waals surface area contributed by atoms with Gasteiger partial charge >= 0.3 is 12.3 Å². The Morgan fingerprint density at radius 3 is 2.47 bits per heavy atom. The molecular weight excluding hydrogens is 545 g/mol. The molecule has 3 aromatic rings. The number of nitriles is 2. The van der Waals surface area contributed by atoms with Crippen LogP contribution in [-0.2, 0) is 12.5 Å². The zero-order chi connectivity index (χ0) is 28.2. The number of aliphatic hydroxyl groups excluding tert-OH is 1. The number of hydrogen-bond acceptors (Lipinski definition) is 8. The third-order valence-electron chi connectivity index (χ3n) is 4.83. The van der Waals surface area contributed by atoms with Crippen molar-refractivity contribution >= 4 is 11.6 Å². The number of aliphatic hydroxyl groups is 1. The van der Waals surface area contributed by atoms with Crippen molar-refractivity contribution in [2.75, 3.05) is 13.2 Å². The van der Waals surface area contributed by atoms with Gasteiger partial charge in [-0.05, 0) is 6.07 Å². The summed E-state index contributed by atoms with van der Waals surface area (Å²) in [6.45, 7) is -1.29. The number of pyridine rings is 1. The van der Waals surface area contributed by atoms with Crippen LogP contribution in [0.4, 0.5) is 22.0 Å². The molecule has 0 bridgehead atoms. The van der Waals surface area contributed by atoms with Crippen molar-refractivity contribution < 1.29 is 46.5 Å². The first-order chi connectivity index (χ1) is 17.9. The fourth-order valence-electron chi connectivity index (χ4n) is 3.06. The van der Waals surface area contributed by atoms with E-state index in [1.165, 1.54) is 6.07 Å². The maximum absolute atomic E-state index is 14.6. The van der Waals surface area contributed by atoms with Crippen molar-refractivity contribution in [2.45, 2.75) is 18.9 Å². The molecule has 0 fully saturated rings. The van der Waals surface area contributed by atoms with Crippen LogP contribution in [0.1, 0.15) is 22.5 Å². The molecule has 0 atom stereocenters. The van der Waals surface area contributed by atoms with Crippen molar-refractivity contribution in [1.82, 2.24) is 9.55 Å². The van der Waals surface area contributed by atoms with E-state index in [1.807, 2.05) is 0 Å². The summed E-state index contributed by atoms with van der Waals surface area (Å²) in [6, 6.07) is 5.84. The molecule has 198 valence electrons. The van der Waals surface area contributed by atoms with Crippen molar-refractivity contribution in [3.05, 3.63) is 74.4 Å². The quantitative estimate of drug-likeness (QED) is 0.232. The molecule has 0 saturated heterocycles. The van der Waals surface area contributed by atoms with E-state index in [4.69, 9.17) is 31.4 Å². The van der Waals surface area contributed by atoms with Gasteiger partial charge in [0, 0.05) is 21.9 Å². The second-order valence-corrected chi connectivity index (χ2v) is 7.77. The van der Waals surface area contributed by atoms with Crippen LogP contribution in [0.25, 0.3) is 0 Å². The normalized spacial score (nSPS) is 11.2. The van der Waals surface area contributed by atoms with Gasteiger partial charge in [0.2, 0.25) is 11.5 Å². The Balaban J connectivity index is 2.16. The molecule has 0 aliphatic carbocycles. The van der Waals surface area contributed by atoms with Crippen LogP contribution in [0.5, 0.6) is 17.2 Å². The predicted octanol–water partition coefficient (Wildman–Crippen LogP) is 2.87. The van der Waals surface area contributed by atoms with Crippen LogP contribution >= 0.6 is 11.6 Å². The highest BCUT2D eigenvalue weighted by Gasteiger charge is 2.48. The molecule has 0 saturated carbocycles.